The molecule has 0 amide bonds. The third-order valence-electron chi connectivity index (χ3n) is 6.10. The Morgan fingerprint density at radius 2 is 1.77 bits per heavy atom. The van der Waals surface area contributed by atoms with E-state index in [1.807, 2.05) is 0 Å². The summed E-state index contributed by atoms with van der Waals surface area (Å²) < 4.78 is 0. The minimum atomic E-state index is 0.236. The molecule has 4 heterocycles. The molecule has 0 atom stereocenters. The number of nitrogens with one attached hydrogen (secondary N) is 1. The van der Waals surface area contributed by atoms with E-state index in [2.05, 4.69) is 54.0 Å². The molecule has 0 unspecified atom stereocenters. The molecular weight excluding hydrogens is 376 g/mol. The van der Waals surface area contributed by atoms with Gasteiger partial charge in [0.05, 0.1) is 18.6 Å². The molecule has 8 nitrogen and oxygen atoms in total. The summed E-state index contributed by atoms with van der Waals surface area (Å²) >= 11 is 0. The number of rotatable bonds is 4. The third-order valence-corrected chi connectivity index (χ3v) is 6.10. The van der Waals surface area contributed by atoms with Crippen LogP contribution in [0.15, 0.2) is 30.6 Å². The second-order valence-corrected chi connectivity index (χ2v) is 8.20. The van der Waals surface area contributed by atoms with E-state index >= 15 is 0 Å². The number of fused-ring (bicyclic) bond motifs is 1. The van der Waals surface area contributed by atoms with Gasteiger partial charge < -0.3 is 21.4 Å². The number of likely N-dealkylation sites (tertiary alicyclic amines) is 1. The zero-order valence-corrected chi connectivity index (χ0v) is 17.1. The van der Waals surface area contributed by atoms with Gasteiger partial charge in [0.2, 0.25) is 5.95 Å². The maximum atomic E-state index is 6.54. The number of hydrogen-bond acceptors (Lipinski definition) is 7. The SMILES string of the molecule is Nc1nc(-c2ccc(CN3CCCCC3)cc2)c(N)c(N2CCc3[nH]cnc3C2)n1. The van der Waals surface area contributed by atoms with Crippen LogP contribution in [0.25, 0.3) is 11.3 Å². The lowest BCUT2D eigenvalue weighted by Crippen LogP contribution is -2.32. The standard InChI is InChI=1S/C22H28N8/c23-19-20(16-6-4-15(5-7-16)12-29-9-2-1-3-10-29)27-22(24)28-21(19)30-11-8-17-18(13-30)26-14-25-17/h4-7,14H,1-3,8-13,23H2,(H,25,26)(H2,24,27,28). The van der Waals surface area contributed by atoms with Crippen LogP contribution in [0.1, 0.15) is 36.2 Å². The van der Waals surface area contributed by atoms with Crippen molar-refractivity contribution in [3.63, 3.8) is 0 Å². The van der Waals surface area contributed by atoms with Crippen LogP contribution in [0, 0.1) is 0 Å². The predicted molar refractivity (Wildman–Crippen MR) is 119 cm³/mol. The largest absolute Gasteiger partial charge is 0.394 e. The van der Waals surface area contributed by atoms with Crippen LogP contribution in [0.2, 0.25) is 0 Å². The fourth-order valence-electron chi connectivity index (χ4n) is 4.47. The van der Waals surface area contributed by atoms with Crippen molar-refractivity contribution in [2.45, 2.75) is 38.8 Å². The quantitative estimate of drug-likeness (QED) is 0.612. The number of imidazole rings is 1. The van der Waals surface area contributed by atoms with Gasteiger partial charge in [0.25, 0.3) is 0 Å². The maximum absolute atomic E-state index is 6.54. The second kappa shape index (κ2) is 7.95. The van der Waals surface area contributed by atoms with Gasteiger partial charge in [0, 0.05) is 30.8 Å². The summed E-state index contributed by atoms with van der Waals surface area (Å²) in [5.41, 5.74) is 18.3. The first-order valence-corrected chi connectivity index (χ1v) is 10.7. The lowest BCUT2D eigenvalue weighted by Gasteiger charge is -2.28. The summed E-state index contributed by atoms with van der Waals surface area (Å²) in [6.45, 7) is 4.84. The second-order valence-electron chi connectivity index (χ2n) is 8.20. The van der Waals surface area contributed by atoms with E-state index in [-0.39, 0.29) is 5.95 Å². The van der Waals surface area contributed by atoms with Crippen LogP contribution in [-0.2, 0) is 19.5 Å². The molecule has 0 bridgehead atoms. The normalized spacial score (nSPS) is 17.1. The molecule has 8 heteroatoms. The van der Waals surface area contributed by atoms with Crippen LogP contribution in [0.5, 0.6) is 0 Å². The van der Waals surface area contributed by atoms with Gasteiger partial charge in [0.15, 0.2) is 5.82 Å². The van der Waals surface area contributed by atoms with Gasteiger partial charge in [-0.05, 0) is 31.5 Å². The molecular formula is C22H28N8. The molecule has 1 fully saturated rings. The lowest BCUT2D eigenvalue weighted by atomic mass is 10.1. The van der Waals surface area contributed by atoms with Crippen LogP contribution in [0.3, 0.4) is 0 Å². The Kier molecular flexibility index (Phi) is 5.00. The number of nitrogens with zero attached hydrogens (tertiary/aromatic N) is 5. The van der Waals surface area contributed by atoms with Gasteiger partial charge in [-0.3, -0.25) is 4.90 Å². The summed E-state index contributed by atoms with van der Waals surface area (Å²) in [4.78, 5) is 21.2. The van der Waals surface area contributed by atoms with Gasteiger partial charge in [-0.15, -0.1) is 0 Å². The van der Waals surface area contributed by atoms with Crippen molar-refractivity contribution < 1.29 is 0 Å². The Morgan fingerprint density at radius 3 is 2.57 bits per heavy atom. The highest BCUT2D eigenvalue weighted by Gasteiger charge is 2.23. The molecule has 1 saturated heterocycles. The predicted octanol–water partition coefficient (Wildman–Crippen LogP) is 2.58. The van der Waals surface area contributed by atoms with Crippen molar-refractivity contribution in [3.8, 4) is 11.3 Å². The number of hydrogen-bond donors (Lipinski definition) is 3. The molecule has 5 rings (SSSR count). The zero-order chi connectivity index (χ0) is 20.5. The Morgan fingerprint density at radius 1 is 0.967 bits per heavy atom. The zero-order valence-electron chi connectivity index (χ0n) is 17.1. The molecule has 0 saturated carbocycles. The number of anilines is 3. The first-order chi connectivity index (χ1) is 14.7. The monoisotopic (exact) mass is 404 g/mol. The highest BCUT2D eigenvalue weighted by molar-refractivity contribution is 5.82. The number of nitrogens with two attached hydrogens (primary N) is 2. The van der Waals surface area contributed by atoms with Crippen LogP contribution < -0.4 is 16.4 Å². The Labute approximate surface area is 176 Å². The molecule has 30 heavy (non-hydrogen) atoms. The fourth-order valence-corrected chi connectivity index (χ4v) is 4.47. The van der Waals surface area contributed by atoms with E-state index in [0.29, 0.717) is 23.7 Å². The molecule has 5 N–H and O–H groups in total. The van der Waals surface area contributed by atoms with Crippen molar-refractivity contribution in [1.29, 1.82) is 0 Å². The van der Waals surface area contributed by atoms with Crippen molar-refractivity contribution >= 4 is 17.5 Å². The molecule has 156 valence electrons. The topological polar surface area (TPSA) is 113 Å². The molecule has 0 radical (unpaired) electrons. The van der Waals surface area contributed by atoms with Crippen molar-refractivity contribution in [2.24, 2.45) is 0 Å². The number of piperidine rings is 1. The van der Waals surface area contributed by atoms with Gasteiger partial charge in [-0.1, -0.05) is 30.7 Å². The summed E-state index contributed by atoms with van der Waals surface area (Å²) in [6, 6.07) is 8.50. The molecule has 1 aromatic carbocycles. The Bertz CT molecular complexity index is 1020. The van der Waals surface area contributed by atoms with Gasteiger partial charge in [0.1, 0.15) is 11.4 Å². The minimum absolute atomic E-state index is 0.236. The fraction of sp³-hybridized carbons (Fsp3) is 0.409. The van der Waals surface area contributed by atoms with E-state index in [0.717, 1.165) is 30.8 Å². The number of aromatic nitrogens is 4. The first kappa shape index (κ1) is 18.9. The van der Waals surface area contributed by atoms with E-state index in [9.17, 15) is 0 Å². The number of nitrogen functional groups attached to an aromatic ring is 2. The summed E-state index contributed by atoms with van der Waals surface area (Å²) in [7, 11) is 0. The third kappa shape index (κ3) is 3.70. The van der Waals surface area contributed by atoms with Crippen LogP contribution >= 0.6 is 0 Å². The number of H-pyrrole nitrogens is 1. The summed E-state index contributed by atoms with van der Waals surface area (Å²) in [5, 5.41) is 0. The summed E-state index contributed by atoms with van der Waals surface area (Å²) in [6.07, 6.45) is 6.56. The van der Waals surface area contributed by atoms with Gasteiger partial charge >= 0.3 is 0 Å². The van der Waals surface area contributed by atoms with Crippen molar-refractivity contribution in [1.82, 2.24) is 24.8 Å². The van der Waals surface area contributed by atoms with Gasteiger partial charge in [-0.25, -0.2) is 9.97 Å². The number of aromatic amines is 1. The molecule has 0 spiro atoms. The first-order valence-electron chi connectivity index (χ1n) is 10.7. The Balaban J connectivity index is 1.39. The average molecular weight is 405 g/mol. The smallest absolute Gasteiger partial charge is 0.222 e. The van der Waals surface area contributed by atoms with Crippen LogP contribution in [0.4, 0.5) is 17.5 Å². The maximum Gasteiger partial charge on any atom is 0.222 e. The lowest BCUT2D eigenvalue weighted by molar-refractivity contribution is 0.221. The molecule has 3 aromatic rings. The summed E-state index contributed by atoms with van der Waals surface area (Å²) in [5.74, 6) is 0.919. The average Bonchev–Trinajstić information content (AvgIpc) is 3.24. The molecule has 2 aliphatic heterocycles. The van der Waals surface area contributed by atoms with Gasteiger partial charge in [-0.2, -0.15) is 4.98 Å². The van der Waals surface area contributed by atoms with E-state index in [4.69, 9.17) is 11.5 Å². The van der Waals surface area contributed by atoms with E-state index in [1.165, 1.54) is 43.6 Å². The number of benzene rings is 1. The highest BCUT2D eigenvalue weighted by atomic mass is 15.2. The minimum Gasteiger partial charge on any atom is -0.394 e. The van der Waals surface area contributed by atoms with E-state index < -0.39 is 0 Å². The van der Waals surface area contributed by atoms with Crippen molar-refractivity contribution in [3.05, 3.63) is 47.5 Å². The molecule has 0 aliphatic carbocycles. The molecule has 2 aliphatic rings. The van der Waals surface area contributed by atoms with Crippen molar-refractivity contribution in [2.75, 3.05) is 36.0 Å². The molecule has 2 aromatic heterocycles. The highest BCUT2D eigenvalue weighted by Crippen LogP contribution is 2.34. The Hall–Kier alpha value is -3.13. The van der Waals surface area contributed by atoms with Crippen LogP contribution in [-0.4, -0.2) is 44.5 Å². The van der Waals surface area contributed by atoms with E-state index in [1.54, 1.807) is 6.33 Å².